The average molecular weight is 258 g/mol. The van der Waals surface area contributed by atoms with Crippen LogP contribution in [0.1, 0.15) is 18.9 Å². The molecule has 2 aromatic rings. The monoisotopic (exact) mass is 258 g/mol. The quantitative estimate of drug-likeness (QED) is 0.776. The first-order valence-electron chi connectivity index (χ1n) is 6.80. The Labute approximate surface area is 114 Å². The molecule has 1 aromatic heterocycles. The van der Waals surface area contributed by atoms with Crippen LogP contribution >= 0.6 is 0 Å². The van der Waals surface area contributed by atoms with Gasteiger partial charge in [-0.2, -0.15) is 0 Å². The Morgan fingerprint density at radius 2 is 2.26 bits per heavy atom. The maximum atomic E-state index is 5.81. The zero-order valence-corrected chi connectivity index (χ0v) is 11.5. The summed E-state index contributed by atoms with van der Waals surface area (Å²) < 4.78 is 2.12. The number of nitrogen functional groups attached to an aromatic ring is 1. The summed E-state index contributed by atoms with van der Waals surface area (Å²) in [5.41, 5.74) is 7.93. The minimum Gasteiger partial charge on any atom is -0.399 e. The Balaban J connectivity index is 1.80. The zero-order valence-electron chi connectivity index (χ0n) is 11.5. The van der Waals surface area contributed by atoms with Crippen LogP contribution in [-0.4, -0.2) is 27.5 Å². The number of imidazole rings is 1. The first kappa shape index (κ1) is 13.6. The van der Waals surface area contributed by atoms with Crippen LogP contribution in [0.2, 0.25) is 0 Å². The van der Waals surface area contributed by atoms with E-state index >= 15 is 0 Å². The van der Waals surface area contributed by atoms with Gasteiger partial charge in [0.15, 0.2) is 0 Å². The molecule has 0 bridgehead atoms. The van der Waals surface area contributed by atoms with Crippen molar-refractivity contribution in [2.45, 2.75) is 26.4 Å². The van der Waals surface area contributed by atoms with Crippen LogP contribution in [0.3, 0.4) is 0 Å². The second-order valence-electron chi connectivity index (χ2n) is 4.77. The summed E-state index contributed by atoms with van der Waals surface area (Å²) in [6.07, 6.45) is 6.83. The molecule has 0 aliphatic carbocycles. The van der Waals surface area contributed by atoms with Crippen LogP contribution < -0.4 is 5.73 Å². The van der Waals surface area contributed by atoms with E-state index < -0.39 is 0 Å². The van der Waals surface area contributed by atoms with Crippen molar-refractivity contribution in [3.8, 4) is 0 Å². The Bertz CT molecular complexity index is 479. The third kappa shape index (κ3) is 4.41. The first-order chi connectivity index (χ1) is 9.28. The van der Waals surface area contributed by atoms with Gasteiger partial charge in [-0.25, -0.2) is 4.98 Å². The molecule has 0 aliphatic heterocycles. The van der Waals surface area contributed by atoms with E-state index in [2.05, 4.69) is 33.5 Å². The van der Waals surface area contributed by atoms with E-state index in [1.807, 2.05) is 30.9 Å². The highest BCUT2D eigenvalue weighted by molar-refractivity contribution is 5.40. The molecule has 4 nitrogen and oxygen atoms in total. The van der Waals surface area contributed by atoms with Crippen LogP contribution in [-0.2, 0) is 13.1 Å². The topological polar surface area (TPSA) is 47.1 Å². The number of aromatic nitrogens is 2. The molecule has 0 saturated heterocycles. The Hall–Kier alpha value is -1.81. The molecular weight excluding hydrogens is 236 g/mol. The third-order valence-electron chi connectivity index (χ3n) is 3.25. The summed E-state index contributed by atoms with van der Waals surface area (Å²) in [6, 6.07) is 8.14. The molecule has 1 aromatic carbocycles. The summed E-state index contributed by atoms with van der Waals surface area (Å²) in [5, 5.41) is 0. The summed E-state index contributed by atoms with van der Waals surface area (Å²) in [4.78, 5) is 6.49. The van der Waals surface area contributed by atoms with E-state index in [1.165, 1.54) is 5.56 Å². The molecule has 0 atom stereocenters. The smallest absolute Gasteiger partial charge is 0.0945 e. The van der Waals surface area contributed by atoms with Gasteiger partial charge in [-0.3, -0.25) is 4.90 Å². The number of hydrogen-bond acceptors (Lipinski definition) is 3. The molecule has 0 unspecified atom stereocenters. The lowest BCUT2D eigenvalue weighted by molar-refractivity contribution is 0.270. The lowest BCUT2D eigenvalue weighted by Gasteiger charge is -2.20. The molecule has 0 amide bonds. The first-order valence-corrected chi connectivity index (χ1v) is 6.80. The SMILES string of the molecule is CCN(CCCn1ccnc1)Cc1cccc(N)c1. The van der Waals surface area contributed by atoms with Gasteiger partial charge in [-0.1, -0.05) is 19.1 Å². The molecule has 0 spiro atoms. The zero-order chi connectivity index (χ0) is 13.5. The van der Waals surface area contributed by atoms with Crippen LogP contribution in [0.15, 0.2) is 43.0 Å². The number of aryl methyl sites for hydroxylation is 1. The van der Waals surface area contributed by atoms with Gasteiger partial charge in [0.05, 0.1) is 6.33 Å². The highest BCUT2D eigenvalue weighted by atomic mass is 15.1. The normalized spacial score (nSPS) is 11.1. The van der Waals surface area contributed by atoms with Gasteiger partial charge in [0.25, 0.3) is 0 Å². The Morgan fingerprint density at radius 3 is 2.95 bits per heavy atom. The van der Waals surface area contributed by atoms with Crippen molar-refractivity contribution < 1.29 is 0 Å². The van der Waals surface area contributed by atoms with Gasteiger partial charge in [-0.15, -0.1) is 0 Å². The van der Waals surface area contributed by atoms with Gasteiger partial charge in [0.1, 0.15) is 0 Å². The molecule has 4 heteroatoms. The highest BCUT2D eigenvalue weighted by Gasteiger charge is 2.04. The lowest BCUT2D eigenvalue weighted by Crippen LogP contribution is -2.24. The van der Waals surface area contributed by atoms with E-state index in [0.29, 0.717) is 0 Å². The number of benzene rings is 1. The molecule has 19 heavy (non-hydrogen) atoms. The van der Waals surface area contributed by atoms with Crippen molar-refractivity contribution in [1.29, 1.82) is 0 Å². The summed E-state index contributed by atoms with van der Waals surface area (Å²) in [5.74, 6) is 0. The molecule has 0 radical (unpaired) electrons. The molecule has 2 N–H and O–H groups in total. The van der Waals surface area contributed by atoms with E-state index in [-0.39, 0.29) is 0 Å². The van der Waals surface area contributed by atoms with Gasteiger partial charge in [0, 0.05) is 37.7 Å². The second-order valence-corrected chi connectivity index (χ2v) is 4.77. The predicted octanol–water partition coefficient (Wildman–Crippen LogP) is 2.38. The number of hydrogen-bond donors (Lipinski definition) is 1. The van der Waals surface area contributed by atoms with E-state index in [0.717, 1.165) is 38.3 Å². The Kier molecular flexibility index (Phi) is 4.98. The van der Waals surface area contributed by atoms with E-state index in [4.69, 9.17) is 5.73 Å². The molecule has 0 saturated carbocycles. The number of anilines is 1. The van der Waals surface area contributed by atoms with Gasteiger partial charge >= 0.3 is 0 Å². The van der Waals surface area contributed by atoms with Gasteiger partial charge in [0.2, 0.25) is 0 Å². The van der Waals surface area contributed by atoms with Crippen molar-refractivity contribution in [3.63, 3.8) is 0 Å². The van der Waals surface area contributed by atoms with Gasteiger partial charge < -0.3 is 10.3 Å². The van der Waals surface area contributed by atoms with Crippen molar-refractivity contribution in [2.75, 3.05) is 18.8 Å². The molecule has 1 heterocycles. The Morgan fingerprint density at radius 1 is 1.37 bits per heavy atom. The standard InChI is InChI=1S/C15H22N4/c1-2-18(8-4-9-19-10-7-17-13-19)12-14-5-3-6-15(16)11-14/h3,5-7,10-11,13H,2,4,8-9,12,16H2,1H3. The van der Waals surface area contributed by atoms with Crippen LogP contribution in [0, 0.1) is 0 Å². The molecule has 2 rings (SSSR count). The second kappa shape index (κ2) is 6.95. The van der Waals surface area contributed by atoms with Crippen LogP contribution in [0.5, 0.6) is 0 Å². The largest absolute Gasteiger partial charge is 0.399 e. The fraction of sp³-hybridized carbons (Fsp3) is 0.400. The minimum atomic E-state index is 0.840. The predicted molar refractivity (Wildman–Crippen MR) is 78.6 cm³/mol. The maximum absolute atomic E-state index is 5.81. The summed E-state index contributed by atoms with van der Waals surface area (Å²) >= 11 is 0. The third-order valence-corrected chi connectivity index (χ3v) is 3.25. The van der Waals surface area contributed by atoms with Crippen molar-refractivity contribution in [3.05, 3.63) is 48.5 Å². The van der Waals surface area contributed by atoms with Crippen molar-refractivity contribution in [1.82, 2.24) is 14.5 Å². The molecule has 0 aliphatic rings. The molecule has 0 fully saturated rings. The summed E-state index contributed by atoms with van der Waals surface area (Å²) in [7, 11) is 0. The van der Waals surface area contributed by atoms with Gasteiger partial charge in [-0.05, 0) is 30.7 Å². The van der Waals surface area contributed by atoms with Crippen LogP contribution in [0.25, 0.3) is 0 Å². The number of nitrogens with two attached hydrogens (primary N) is 1. The van der Waals surface area contributed by atoms with Crippen molar-refractivity contribution in [2.24, 2.45) is 0 Å². The number of nitrogens with zero attached hydrogens (tertiary/aromatic N) is 3. The lowest BCUT2D eigenvalue weighted by atomic mass is 10.2. The number of rotatable bonds is 7. The maximum Gasteiger partial charge on any atom is 0.0945 e. The average Bonchev–Trinajstić information content (AvgIpc) is 2.91. The van der Waals surface area contributed by atoms with E-state index in [1.54, 1.807) is 0 Å². The van der Waals surface area contributed by atoms with E-state index in [9.17, 15) is 0 Å². The fourth-order valence-corrected chi connectivity index (χ4v) is 2.19. The van der Waals surface area contributed by atoms with Crippen molar-refractivity contribution >= 4 is 5.69 Å². The summed E-state index contributed by atoms with van der Waals surface area (Å²) in [6.45, 7) is 6.32. The minimum absolute atomic E-state index is 0.840. The fourth-order valence-electron chi connectivity index (χ4n) is 2.19. The molecular formula is C15H22N4. The highest BCUT2D eigenvalue weighted by Crippen LogP contribution is 2.10. The van der Waals surface area contributed by atoms with Crippen LogP contribution in [0.4, 0.5) is 5.69 Å². The molecule has 102 valence electrons.